The molecular weight excluding hydrogens is 260 g/mol. The Morgan fingerprint density at radius 1 is 1.60 bits per heavy atom. The van der Waals surface area contributed by atoms with E-state index in [2.05, 4.69) is 21.1 Å². The molecule has 1 aromatic heterocycles. The monoisotopic (exact) mass is 270 g/mol. The molecule has 2 rings (SSSR count). The fourth-order valence-corrected chi connectivity index (χ4v) is 1.66. The minimum Gasteiger partial charge on any atom is -0.473 e. The summed E-state index contributed by atoms with van der Waals surface area (Å²) in [7, 11) is 0. The minimum atomic E-state index is -0.0242. The van der Waals surface area contributed by atoms with E-state index in [1.807, 2.05) is 25.1 Å². The molecule has 2 N–H and O–H groups in total. The van der Waals surface area contributed by atoms with Gasteiger partial charge in [0.25, 0.3) is 5.88 Å². The van der Waals surface area contributed by atoms with Crippen LogP contribution in [0.1, 0.15) is 6.92 Å². The number of para-hydroxylation sites is 1. The summed E-state index contributed by atoms with van der Waals surface area (Å²) in [4.78, 5) is 0. The summed E-state index contributed by atoms with van der Waals surface area (Å²) < 4.78 is 11.4. The largest absolute Gasteiger partial charge is 0.473 e. The number of rotatable bonds is 3. The van der Waals surface area contributed by atoms with Gasteiger partial charge in [0.2, 0.25) is 0 Å². The second kappa shape index (κ2) is 4.20. The Hall–Kier alpha value is -1.07. The quantitative estimate of drug-likeness (QED) is 0.930. The van der Waals surface area contributed by atoms with Crippen LogP contribution >= 0.6 is 15.9 Å². The Morgan fingerprint density at radius 2 is 2.40 bits per heavy atom. The van der Waals surface area contributed by atoms with E-state index in [1.54, 1.807) is 0 Å². The zero-order chi connectivity index (χ0) is 10.8. The summed E-state index contributed by atoms with van der Waals surface area (Å²) in [5, 5.41) is 4.70. The first-order valence-corrected chi connectivity index (χ1v) is 5.40. The van der Waals surface area contributed by atoms with Gasteiger partial charge in [-0.2, -0.15) is 0 Å². The van der Waals surface area contributed by atoms with E-state index >= 15 is 0 Å². The third kappa shape index (κ3) is 2.13. The normalized spacial score (nSPS) is 13.0. The average molecular weight is 271 g/mol. The maximum atomic E-state index is 5.59. The van der Waals surface area contributed by atoms with E-state index in [9.17, 15) is 0 Å². The third-order valence-electron chi connectivity index (χ3n) is 1.90. The fraction of sp³-hybridized carbons (Fsp3) is 0.300. The number of hydrogen-bond donors (Lipinski definition) is 1. The van der Waals surface area contributed by atoms with Crippen LogP contribution < -0.4 is 10.5 Å². The SMILES string of the molecule is CC(N)COc1noc2c(Br)cccc12. The van der Waals surface area contributed by atoms with Crippen LogP contribution in [0, 0.1) is 0 Å². The van der Waals surface area contributed by atoms with Gasteiger partial charge >= 0.3 is 0 Å². The molecule has 0 bridgehead atoms. The van der Waals surface area contributed by atoms with Gasteiger partial charge in [-0.3, -0.25) is 0 Å². The van der Waals surface area contributed by atoms with E-state index in [0.717, 1.165) is 9.86 Å². The molecule has 0 aliphatic heterocycles. The Labute approximate surface area is 95.5 Å². The first-order valence-electron chi connectivity index (χ1n) is 4.61. The van der Waals surface area contributed by atoms with Gasteiger partial charge in [-0.1, -0.05) is 6.07 Å². The second-order valence-electron chi connectivity index (χ2n) is 3.39. The Kier molecular flexibility index (Phi) is 2.93. The lowest BCUT2D eigenvalue weighted by atomic mass is 10.3. The highest BCUT2D eigenvalue weighted by Crippen LogP contribution is 2.30. The van der Waals surface area contributed by atoms with Crippen molar-refractivity contribution >= 4 is 26.9 Å². The predicted octanol–water partition coefficient (Wildman–Crippen LogP) is 2.32. The number of ether oxygens (including phenoxy) is 1. The predicted molar refractivity (Wildman–Crippen MR) is 60.9 cm³/mol. The molecule has 1 atom stereocenters. The van der Waals surface area contributed by atoms with Gasteiger partial charge in [-0.05, 0) is 40.1 Å². The maximum Gasteiger partial charge on any atom is 0.262 e. The average Bonchev–Trinajstić information content (AvgIpc) is 2.59. The summed E-state index contributed by atoms with van der Waals surface area (Å²) in [6.45, 7) is 2.30. The van der Waals surface area contributed by atoms with Crippen molar-refractivity contribution in [1.82, 2.24) is 5.16 Å². The highest BCUT2D eigenvalue weighted by Gasteiger charge is 2.11. The van der Waals surface area contributed by atoms with Crippen molar-refractivity contribution in [3.63, 3.8) is 0 Å². The van der Waals surface area contributed by atoms with E-state index in [0.29, 0.717) is 18.1 Å². The number of nitrogens with zero attached hydrogens (tertiary/aromatic N) is 1. The lowest BCUT2D eigenvalue weighted by Gasteiger charge is -2.04. The first kappa shape index (κ1) is 10.4. The molecule has 15 heavy (non-hydrogen) atoms. The van der Waals surface area contributed by atoms with Crippen LogP contribution in [0.5, 0.6) is 5.88 Å². The van der Waals surface area contributed by atoms with Crippen molar-refractivity contribution in [2.75, 3.05) is 6.61 Å². The van der Waals surface area contributed by atoms with Crippen LogP contribution in [0.25, 0.3) is 11.0 Å². The van der Waals surface area contributed by atoms with Crippen molar-refractivity contribution < 1.29 is 9.26 Å². The molecule has 0 saturated heterocycles. The molecule has 0 fully saturated rings. The number of aromatic nitrogens is 1. The van der Waals surface area contributed by atoms with Gasteiger partial charge in [0.1, 0.15) is 6.61 Å². The van der Waals surface area contributed by atoms with Crippen molar-refractivity contribution in [2.24, 2.45) is 5.73 Å². The first-order chi connectivity index (χ1) is 7.18. The molecule has 80 valence electrons. The van der Waals surface area contributed by atoms with Crippen molar-refractivity contribution in [2.45, 2.75) is 13.0 Å². The van der Waals surface area contributed by atoms with E-state index in [4.69, 9.17) is 15.0 Å². The zero-order valence-electron chi connectivity index (χ0n) is 8.24. The molecular formula is C10H11BrN2O2. The number of hydrogen-bond acceptors (Lipinski definition) is 4. The van der Waals surface area contributed by atoms with Crippen LogP contribution in [0.15, 0.2) is 27.2 Å². The summed E-state index contributed by atoms with van der Waals surface area (Å²) in [6.07, 6.45) is 0. The lowest BCUT2D eigenvalue weighted by Crippen LogP contribution is -2.23. The smallest absolute Gasteiger partial charge is 0.262 e. The molecule has 1 heterocycles. The van der Waals surface area contributed by atoms with Gasteiger partial charge in [0, 0.05) is 6.04 Å². The molecule has 1 aromatic carbocycles. The van der Waals surface area contributed by atoms with Gasteiger partial charge in [-0.15, -0.1) is 0 Å². The van der Waals surface area contributed by atoms with Crippen molar-refractivity contribution in [1.29, 1.82) is 0 Å². The van der Waals surface area contributed by atoms with Crippen molar-refractivity contribution in [3.05, 3.63) is 22.7 Å². The Balaban J connectivity index is 2.33. The number of halogens is 1. The molecule has 0 aliphatic carbocycles. The molecule has 2 aromatic rings. The van der Waals surface area contributed by atoms with E-state index in [-0.39, 0.29) is 6.04 Å². The molecule has 0 aliphatic rings. The van der Waals surface area contributed by atoms with Crippen LogP contribution in [-0.2, 0) is 0 Å². The van der Waals surface area contributed by atoms with Gasteiger partial charge in [-0.25, -0.2) is 0 Å². The standard InChI is InChI=1S/C10H11BrN2O2/c1-6(12)5-14-10-7-3-2-4-8(11)9(7)15-13-10/h2-4,6H,5,12H2,1H3. The number of fused-ring (bicyclic) bond motifs is 1. The highest BCUT2D eigenvalue weighted by molar-refractivity contribution is 9.10. The van der Waals surface area contributed by atoms with Crippen LogP contribution in [0.2, 0.25) is 0 Å². The topological polar surface area (TPSA) is 61.3 Å². The molecule has 4 nitrogen and oxygen atoms in total. The lowest BCUT2D eigenvalue weighted by molar-refractivity contribution is 0.268. The molecule has 0 radical (unpaired) electrons. The molecule has 0 saturated carbocycles. The van der Waals surface area contributed by atoms with Gasteiger partial charge < -0.3 is 15.0 Å². The molecule has 1 unspecified atom stereocenters. The van der Waals surface area contributed by atoms with Gasteiger partial charge in [0.15, 0.2) is 5.58 Å². The molecule has 5 heteroatoms. The van der Waals surface area contributed by atoms with Crippen LogP contribution in [0.3, 0.4) is 0 Å². The molecule has 0 amide bonds. The fourth-order valence-electron chi connectivity index (χ4n) is 1.22. The van der Waals surface area contributed by atoms with Crippen LogP contribution in [-0.4, -0.2) is 17.8 Å². The Bertz CT molecular complexity index is 467. The molecule has 0 spiro atoms. The van der Waals surface area contributed by atoms with E-state index < -0.39 is 0 Å². The summed E-state index contributed by atoms with van der Waals surface area (Å²) in [5.74, 6) is 0.489. The second-order valence-corrected chi connectivity index (χ2v) is 4.25. The summed E-state index contributed by atoms with van der Waals surface area (Å²) in [6, 6.07) is 5.67. The maximum absolute atomic E-state index is 5.59. The number of benzene rings is 1. The third-order valence-corrected chi connectivity index (χ3v) is 2.52. The summed E-state index contributed by atoms with van der Waals surface area (Å²) in [5.41, 5.74) is 6.28. The number of nitrogens with two attached hydrogens (primary N) is 1. The Morgan fingerprint density at radius 3 is 3.13 bits per heavy atom. The summed E-state index contributed by atoms with van der Waals surface area (Å²) >= 11 is 3.38. The minimum absolute atomic E-state index is 0.0242. The van der Waals surface area contributed by atoms with Crippen LogP contribution in [0.4, 0.5) is 0 Å². The van der Waals surface area contributed by atoms with Gasteiger partial charge in [0.05, 0.1) is 9.86 Å². The van der Waals surface area contributed by atoms with Crippen molar-refractivity contribution in [3.8, 4) is 5.88 Å². The zero-order valence-corrected chi connectivity index (χ0v) is 9.82. The van der Waals surface area contributed by atoms with E-state index in [1.165, 1.54) is 0 Å². The highest BCUT2D eigenvalue weighted by atomic mass is 79.9.